The van der Waals surface area contributed by atoms with Crippen LogP contribution in [-0.4, -0.2) is 73.6 Å². The molecule has 6 heteroatoms. The Morgan fingerprint density at radius 2 is 1.86 bits per heavy atom. The number of piperazine rings is 1. The Labute approximate surface area is 168 Å². The smallest absolute Gasteiger partial charge is 0.251 e. The van der Waals surface area contributed by atoms with Gasteiger partial charge in [-0.25, -0.2) is 0 Å². The molecule has 1 unspecified atom stereocenters. The molecule has 6 nitrogen and oxygen atoms in total. The first-order chi connectivity index (χ1) is 13.5. The van der Waals surface area contributed by atoms with Crippen LogP contribution in [-0.2, 0) is 20.7 Å². The summed E-state index contributed by atoms with van der Waals surface area (Å²) in [7, 11) is 0. The molecule has 2 saturated heterocycles. The summed E-state index contributed by atoms with van der Waals surface area (Å²) in [4.78, 5) is 28.6. The fourth-order valence-electron chi connectivity index (χ4n) is 3.78. The quantitative estimate of drug-likeness (QED) is 0.775. The second-order valence-electron chi connectivity index (χ2n) is 8.10. The normalized spacial score (nSPS) is 20.5. The third-order valence-corrected chi connectivity index (χ3v) is 5.64. The predicted molar refractivity (Wildman–Crippen MR) is 109 cm³/mol. The van der Waals surface area contributed by atoms with Crippen molar-refractivity contribution in [3.63, 3.8) is 0 Å². The summed E-state index contributed by atoms with van der Waals surface area (Å²) in [6.07, 6.45) is 2.40. The van der Waals surface area contributed by atoms with E-state index in [1.165, 1.54) is 11.1 Å². The van der Waals surface area contributed by atoms with Crippen molar-refractivity contribution in [3.8, 4) is 0 Å². The Morgan fingerprint density at radius 3 is 2.46 bits per heavy atom. The first-order valence-electron chi connectivity index (χ1n) is 10.5. The summed E-state index contributed by atoms with van der Waals surface area (Å²) >= 11 is 0. The van der Waals surface area contributed by atoms with E-state index < -0.39 is 0 Å². The molecule has 1 atom stereocenters. The fourth-order valence-corrected chi connectivity index (χ4v) is 3.78. The molecule has 3 rings (SSSR count). The van der Waals surface area contributed by atoms with Crippen molar-refractivity contribution in [3.05, 3.63) is 35.4 Å². The molecule has 2 aliphatic heterocycles. The molecule has 1 N–H and O–H groups in total. The SMILES string of the molecule is CC(C)c1ccc(CCNC(=O)CN2CCN(C(=O)C3CCCO3)CC2)cc1. The number of ether oxygens (including phenoxy) is 1. The molecule has 154 valence electrons. The van der Waals surface area contributed by atoms with Crippen molar-refractivity contribution in [1.29, 1.82) is 0 Å². The van der Waals surface area contributed by atoms with E-state index in [4.69, 9.17) is 4.74 Å². The van der Waals surface area contributed by atoms with Gasteiger partial charge in [-0.05, 0) is 36.3 Å². The lowest BCUT2D eigenvalue weighted by atomic mass is 10.0. The summed E-state index contributed by atoms with van der Waals surface area (Å²) in [5.41, 5.74) is 2.58. The van der Waals surface area contributed by atoms with Gasteiger partial charge < -0.3 is 15.0 Å². The molecule has 28 heavy (non-hydrogen) atoms. The van der Waals surface area contributed by atoms with Gasteiger partial charge in [0.2, 0.25) is 5.91 Å². The summed E-state index contributed by atoms with van der Waals surface area (Å²) in [5.74, 6) is 0.706. The molecule has 2 heterocycles. The van der Waals surface area contributed by atoms with E-state index in [1.54, 1.807) is 0 Å². The lowest BCUT2D eigenvalue weighted by Gasteiger charge is -2.35. The summed E-state index contributed by atoms with van der Waals surface area (Å²) in [5, 5.41) is 3.01. The van der Waals surface area contributed by atoms with E-state index in [2.05, 4.69) is 48.3 Å². The minimum absolute atomic E-state index is 0.0534. The van der Waals surface area contributed by atoms with Gasteiger partial charge in [-0.2, -0.15) is 0 Å². The minimum Gasteiger partial charge on any atom is -0.368 e. The number of nitrogens with zero attached hydrogens (tertiary/aromatic N) is 2. The topological polar surface area (TPSA) is 61.9 Å². The molecule has 1 aromatic rings. The maximum Gasteiger partial charge on any atom is 0.251 e. The van der Waals surface area contributed by atoms with Gasteiger partial charge in [-0.3, -0.25) is 14.5 Å². The van der Waals surface area contributed by atoms with Gasteiger partial charge in [0.05, 0.1) is 6.54 Å². The highest BCUT2D eigenvalue weighted by Gasteiger charge is 2.30. The lowest BCUT2D eigenvalue weighted by molar-refractivity contribution is -0.142. The molecular weight excluding hydrogens is 354 g/mol. The highest BCUT2D eigenvalue weighted by atomic mass is 16.5. The van der Waals surface area contributed by atoms with Gasteiger partial charge in [0.25, 0.3) is 5.91 Å². The van der Waals surface area contributed by atoms with Crippen molar-refractivity contribution in [2.45, 2.75) is 45.1 Å². The van der Waals surface area contributed by atoms with Crippen molar-refractivity contribution >= 4 is 11.8 Å². The molecule has 2 aliphatic rings. The molecule has 0 aromatic heterocycles. The third kappa shape index (κ3) is 5.79. The molecule has 0 bridgehead atoms. The zero-order valence-corrected chi connectivity index (χ0v) is 17.2. The number of nitrogens with one attached hydrogen (secondary N) is 1. The summed E-state index contributed by atoms with van der Waals surface area (Å²) in [6.45, 7) is 8.94. The van der Waals surface area contributed by atoms with Gasteiger partial charge in [-0.1, -0.05) is 38.1 Å². The average Bonchev–Trinajstić information content (AvgIpc) is 3.23. The second-order valence-corrected chi connectivity index (χ2v) is 8.10. The number of rotatable bonds is 7. The first-order valence-corrected chi connectivity index (χ1v) is 10.5. The van der Waals surface area contributed by atoms with Gasteiger partial charge in [0, 0.05) is 39.3 Å². The maximum absolute atomic E-state index is 12.4. The molecular formula is C22H33N3O3. The van der Waals surface area contributed by atoms with Crippen LogP contribution in [0.25, 0.3) is 0 Å². The Hall–Kier alpha value is -1.92. The molecule has 0 radical (unpaired) electrons. The van der Waals surface area contributed by atoms with Crippen LogP contribution in [0.5, 0.6) is 0 Å². The van der Waals surface area contributed by atoms with Gasteiger partial charge in [0.15, 0.2) is 0 Å². The third-order valence-electron chi connectivity index (χ3n) is 5.64. The van der Waals surface area contributed by atoms with Crippen LogP contribution < -0.4 is 5.32 Å². The van der Waals surface area contributed by atoms with Crippen LogP contribution in [0.2, 0.25) is 0 Å². The van der Waals surface area contributed by atoms with E-state index in [0.29, 0.717) is 38.7 Å². The van der Waals surface area contributed by atoms with Crippen LogP contribution in [0.15, 0.2) is 24.3 Å². The van der Waals surface area contributed by atoms with Gasteiger partial charge in [-0.15, -0.1) is 0 Å². The summed E-state index contributed by atoms with van der Waals surface area (Å²) < 4.78 is 5.49. The number of carbonyl (C=O) groups excluding carboxylic acids is 2. The standard InChI is InChI=1S/C22H33N3O3/c1-17(2)19-7-5-18(6-8-19)9-10-23-21(26)16-24-11-13-25(14-12-24)22(27)20-4-3-15-28-20/h5-8,17,20H,3-4,9-16H2,1-2H3,(H,23,26). The molecule has 0 aliphatic carbocycles. The van der Waals surface area contributed by atoms with Crippen LogP contribution >= 0.6 is 0 Å². The fraction of sp³-hybridized carbons (Fsp3) is 0.636. The van der Waals surface area contributed by atoms with Crippen molar-refractivity contribution in [2.24, 2.45) is 0 Å². The maximum atomic E-state index is 12.4. The van der Waals surface area contributed by atoms with E-state index in [0.717, 1.165) is 32.4 Å². The number of benzene rings is 1. The highest BCUT2D eigenvalue weighted by Crippen LogP contribution is 2.16. The van der Waals surface area contributed by atoms with Crippen molar-refractivity contribution in [1.82, 2.24) is 15.1 Å². The van der Waals surface area contributed by atoms with Crippen molar-refractivity contribution < 1.29 is 14.3 Å². The second kappa shape index (κ2) is 10.0. The first kappa shape index (κ1) is 20.8. The monoisotopic (exact) mass is 387 g/mol. The molecule has 1 aromatic carbocycles. The number of carbonyl (C=O) groups is 2. The molecule has 2 fully saturated rings. The zero-order valence-electron chi connectivity index (χ0n) is 17.2. The van der Waals surface area contributed by atoms with Gasteiger partial charge in [0.1, 0.15) is 6.10 Å². The Bertz CT molecular complexity index is 645. The Balaban J connectivity index is 1.32. The average molecular weight is 388 g/mol. The number of amides is 2. The Kier molecular flexibility index (Phi) is 7.45. The van der Waals surface area contributed by atoms with E-state index in [-0.39, 0.29) is 17.9 Å². The van der Waals surface area contributed by atoms with Crippen LogP contribution in [0.4, 0.5) is 0 Å². The number of hydrogen-bond donors (Lipinski definition) is 1. The van der Waals surface area contributed by atoms with E-state index >= 15 is 0 Å². The van der Waals surface area contributed by atoms with E-state index in [1.807, 2.05) is 4.90 Å². The molecule has 2 amide bonds. The lowest BCUT2D eigenvalue weighted by Crippen LogP contribution is -2.53. The predicted octanol–water partition coefficient (Wildman–Crippen LogP) is 1.79. The minimum atomic E-state index is -0.246. The van der Waals surface area contributed by atoms with E-state index in [9.17, 15) is 9.59 Å². The molecule has 0 saturated carbocycles. The molecule has 0 spiro atoms. The van der Waals surface area contributed by atoms with Crippen molar-refractivity contribution in [2.75, 3.05) is 45.9 Å². The number of hydrogen-bond acceptors (Lipinski definition) is 4. The van der Waals surface area contributed by atoms with Crippen LogP contribution in [0.1, 0.15) is 43.7 Å². The van der Waals surface area contributed by atoms with Crippen LogP contribution in [0.3, 0.4) is 0 Å². The zero-order chi connectivity index (χ0) is 19.9. The van der Waals surface area contributed by atoms with Crippen LogP contribution in [0, 0.1) is 0 Å². The highest BCUT2D eigenvalue weighted by molar-refractivity contribution is 5.81. The Morgan fingerprint density at radius 1 is 1.14 bits per heavy atom. The largest absolute Gasteiger partial charge is 0.368 e. The summed E-state index contributed by atoms with van der Waals surface area (Å²) in [6, 6.07) is 8.62. The van der Waals surface area contributed by atoms with Gasteiger partial charge >= 0.3 is 0 Å².